The third-order valence-electron chi connectivity index (χ3n) is 3.64. The Morgan fingerprint density at radius 3 is 1.88 bits per heavy atom. The normalized spacial score (nSPS) is 13.1. The van der Waals surface area contributed by atoms with E-state index in [9.17, 15) is 0 Å². The molecule has 1 atom stereocenters. The first kappa shape index (κ1) is 14.2. The van der Waals surface area contributed by atoms with Crippen LogP contribution in [0.2, 0.25) is 0 Å². The van der Waals surface area contributed by atoms with Gasteiger partial charge >= 0.3 is 0 Å². The molecule has 0 spiro atoms. The molecule has 0 saturated carbocycles. The van der Waals surface area contributed by atoms with Gasteiger partial charge in [-0.2, -0.15) is 0 Å². The van der Waals surface area contributed by atoms with Crippen molar-refractivity contribution >= 4 is 0 Å². The van der Waals surface area contributed by atoms with E-state index in [2.05, 4.69) is 59.0 Å². The molecule has 0 amide bonds. The largest absolute Gasteiger partial charge is 0.307 e. The van der Waals surface area contributed by atoms with Crippen LogP contribution in [0.3, 0.4) is 0 Å². The average Bonchev–Trinajstić information content (AvgIpc) is 2.24. The highest BCUT2D eigenvalue weighted by Gasteiger charge is 2.14. The number of aryl methyl sites for hydroxylation is 3. The van der Waals surface area contributed by atoms with Gasteiger partial charge in [0.05, 0.1) is 0 Å². The fourth-order valence-corrected chi connectivity index (χ4v) is 2.84. The van der Waals surface area contributed by atoms with Gasteiger partial charge in [0.2, 0.25) is 0 Å². The molecule has 0 aliphatic heterocycles. The fraction of sp³-hybridized carbons (Fsp3) is 0.625. The quantitative estimate of drug-likeness (QED) is 0.792. The molecule has 0 aliphatic rings. The first-order valence-corrected chi connectivity index (χ1v) is 6.83. The molecule has 0 bridgehead atoms. The van der Waals surface area contributed by atoms with Gasteiger partial charge < -0.3 is 5.32 Å². The maximum Gasteiger partial charge on any atom is 0.0299 e. The van der Waals surface area contributed by atoms with Crippen molar-refractivity contribution in [2.24, 2.45) is 0 Å². The number of nitrogens with one attached hydrogen (secondary N) is 1. The third-order valence-corrected chi connectivity index (χ3v) is 3.64. The molecule has 1 rings (SSSR count). The van der Waals surface area contributed by atoms with Crippen LogP contribution in [0.1, 0.15) is 61.9 Å². The van der Waals surface area contributed by atoms with Crippen LogP contribution in [0.25, 0.3) is 0 Å². The lowest BCUT2D eigenvalue weighted by molar-refractivity contribution is 0.430. The highest BCUT2D eigenvalue weighted by atomic mass is 14.9. The molecule has 1 aromatic carbocycles. The Morgan fingerprint density at radius 2 is 1.47 bits per heavy atom. The van der Waals surface area contributed by atoms with Crippen molar-refractivity contribution < 1.29 is 0 Å². The molecule has 1 aromatic rings. The van der Waals surface area contributed by atoms with Crippen molar-refractivity contribution in [3.8, 4) is 0 Å². The Balaban J connectivity index is 2.92. The van der Waals surface area contributed by atoms with Crippen molar-refractivity contribution in [3.05, 3.63) is 34.4 Å². The van der Waals surface area contributed by atoms with Crippen LogP contribution in [-0.2, 0) is 0 Å². The smallest absolute Gasteiger partial charge is 0.0299 e. The molecule has 0 radical (unpaired) electrons. The molecule has 1 heteroatoms. The predicted octanol–water partition coefficient (Wildman–Crippen LogP) is 4.45. The van der Waals surface area contributed by atoms with E-state index in [1.165, 1.54) is 35.1 Å². The van der Waals surface area contributed by atoms with Crippen LogP contribution in [0.15, 0.2) is 12.1 Å². The van der Waals surface area contributed by atoms with Crippen molar-refractivity contribution in [1.29, 1.82) is 0 Å². The van der Waals surface area contributed by atoms with Crippen molar-refractivity contribution in [1.82, 2.24) is 5.32 Å². The van der Waals surface area contributed by atoms with E-state index in [1.54, 1.807) is 0 Å². The minimum absolute atomic E-state index is 0.445. The summed E-state index contributed by atoms with van der Waals surface area (Å²) >= 11 is 0. The number of hydrogen-bond donors (Lipinski definition) is 1. The van der Waals surface area contributed by atoms with E-state index in [-0.39, 0.29) is 0 Å². The minimum Gasteiger partial charge on any atom is -0.307 e. The van der Waals surface area contributed by atoms with Crippen molar-refractivity contribution in [2.75, 3.05) is 0 Å². The maximum atomic E-state index is 3.73. The average molecular weight is 233 g/mol. The second-order valence-corrected chi connectivity index (χ2v) is 5.21. The van der Waals surface area contributed by atoms with Gasteiger partial charge in [-0.1, -0.05) is 31.5 Å². The van der Waals surface area contributed by atoms with E-state index < -0.39 is 0 Å². The molecule has 1 unspecified atom stereocenters. The van der Waals surface area contributed by atoms with Gasteiger partial charge in [0.15, 0.2) is 0 Å². The van der Waals surface area contributed by atoms with Gasteiger partial charge in [0, 0.05) is 12.1 Å². The van der Waals surface area contributed by atoms with Gasteiger partial charge in [-0.05, 0) is 57.2 Å². The Hall–Kier alpha value is -0.820. The van der Waals surface area contributed by atoms with Crippen LogP contribution in [0.5, 0.6) is 0 Å². The summed E-state index contributed by atoms with van der Waals surface area (Å²) in [6.45, 7) is 13.4. The van der Waals surface area contributed by atoms with E-state index in [1.807, 2.05) is 0 Å². The third kappa shape index (κ3) is 3.57. The molecule has 96 valence electrons. The first-order chi connectivity index (χ1) is 7.99. The Bertz CT molecular complexity index is 341. The van der Waals surface area contributed by atoms with Gasteiger partial charge in [0.25, 0.3) is 0 Å². The summed E-state index contributed by atoms with van der Waals surface area (Å²) in [5.41, 5.74) is 5.66. The van der Waals surface area contributed by atoms with Crippen molar-refractivity contribution in [2.45, 2.75) is 66.5 Å². The second-order valence-electron chi connectivity index (χ2n) is 5.21. The molecule has 0 fully saturated rings. The van der Waals surface area contributed by atoms with E-state index in [0.29, 0.717) is 12.1 Å². The topological polar surface area (TPSA) is 12.0 Å². The van der Waals surface area contributed by atoms with Gasteiger partial charge in [0.1, 0.15) is 0 Å². The minimum atomic E-state index is 0.445. The first-order valence-electron chi connectivity index (χ1n) is 6.83. The monoisotopic (exact) mass is 233 g/mol. The zero-order valence-electron chi connectivity index (χ0n) is 12.2. The SMILES string of the molecule is CCC(CC)NC(C)c1c(C)cc(C)cc1C. The Labute approximate surface area is 107 Å². The summed E-state index contributed by atoms with van der Waals surface area (Å²) in [7, 11) is 0. The molecular weight excluding hydrogens is 206 g/mol. The molecular formula is C16H27N. The lowest BCUT2D eigenvalue weighted by Gasteiger charge is -2.24. The molecule has 0 aromatic heterocycles. The summed E-state index contributed by atoms with van der Waals surface area (Å²) in [5, 5.41) is 3.73. The van der Waals surface area contributed by atoms with Crippen LogP contribution >= 0.6 is 0 Å². The lowest BCUT2D eigenvalue weighted by Crippen LogP contribution is -2.31. The number of hydrogen-bond acceptors (Lipinski definition) is 1. The molecule has 1 nitrogen and oxygen atoms in total. The van der Waals surface area contributed by atoms with Gasteiger partial charge in [-0.15, -0.1) is 0 Å². The standard InChI is InChI=1S/C16H27N/c1-7-15(8-2)17-14(6)16-12(4)9-11(3)10-13(16)5/h9-10,14-15,17H,7-8H2,1-6H3. The van der Waals surface area contributed by atoms with Crippen LogP contribution in [-0.4, -0.2) is 6.04 Å². The van der Waals surface area contributed by atoms with E-state index >= 15 is 0 Å². The molecule has 1 N–H and O–H groups in total. The van der Waals surface area contributed by atoms with Crippen LogP contribution < -0.4 is 5.32 Å². The van der Waals surface area contributed by atoms with Crippen molar-refractivity contribution in [3.63, 3.8) is 0 Å². The van der Waals surface area contributed by atoms with Gasteiger partial charge in [-0.3, -0.25) is 0 Å². The molecule has 0 aliphatic carbocycles. The number of rotatable bonds is 5. The Morgan fingerprint density at radius 1 is 1.00 bits per heavy atom. The fourth-order valence-electron chi connectivity index (χ4n) is 2.84. The highest BCUT2D eigenvalue weighted by molar-refractivity contribution is 5.39. The Kier molecular flexibility index (Phi) is 5.20. The predicted molar refractivity (Wildman–Crippen MR) is 76.6 cm³/mol. The van der Waals surface area contributed by atoms with Crippen LogP contribution in [0.4, 0.5) is 0 Å². The zero-order chi connectivity index (χ0) is 13.0. The second kappa shape index (κ2) is 6.20. The molecule has 17 heavy (non-hydrogen) atoms. The summed E-state index contributed by atoms with van der Waals surface area (Å²) in [6, 6.07) is 5.64. The zero-order valence-corrected chi connectivity index (χ0v) is 12.2. The van der Waals surface area contributed by atoms with Crippen LogP contribution in [0, 0.1) is 20.8 Å². The van der Waals surface area contributed by atoms with E-state index in [4.69, 9.17) is 0 Å². The number of benzene rings is 1. The molecule has 0 heterocycles. The highest BCUT2D eigenvalue weighted by Crippen LogP contribution is 2.24. The molecule has 0 saturated heterocycles. The van der Waals surface area contributed by atoms with E-state index in [0.717, 1.165) is 0 Å². The lowest BCUT2D eigenvalue weighted by atomic mass is 9.94. The summed E-state index contributed by atoms with van der Waals surface area (Å²) < 4.78 is 0. The summed E-state index contributed by atoms with van der Waals surface area (Å²) in [6.07, 6.45) is 2.40. The summed E-state index contributed by atoms with van der Waals surface area (Å²) in [4.78, 5) is 0. The maximum absolute atomic E-state index is 3.73. The van der Waals surface area contributed by atoms with Gasteiger partial charge in [-0.25, -0.2) is 0 Å². The summed E-state index contributed by atoms with van der Waals surface area (Å²) in [5.74, 6) is 0.